The van der Waals surface area contributed by atoms with Crippen LogP contribution in [0.25, 0.3) is 0 Å². The third-order valence-electron chi connectivity index (χ3n) is 3.67. The van der Waals surface area contributed by atoms with Crippen LogP contribution >= 0.6 is 11.0 Å². The summed E-state index contributed by atoms with van der Waals surface area (Å²) in [5, 5.41) is 0. The van der Waals surface area contributed by atoms with Gasteiger partial charge in [-0.2, -0.15) is 8.42 Å². The summed E-state index contributed by atoms with van der Waals surface area (Å²) in [6, 6.07) is 12.5. The van der Waals surface area contributed by atoms with Gasteiger partial charge < -0.3 is 0 Å². The first kappa shape index (κ1) is 19.5. The Bertz CT molecular complexity index is 1020. The molecule has 1 heterocycles. The summed E-state index contributed by atoms with van der Waals surface area (Å²) in [5.74, 6) is 4.56. The number of nitrogens with zero attached hydrogens (tertiary/aromatic N) is 2. The molecule has 7 nitrogen and oxygen atoms in total. The zero-order valence-corrected chi connectivity index (χ0v) is 15.9. The fourth-order valence-electron chi connectivity index (χ4n) is 2.57. The lowest BCUT2D eigenvalue weighted by atomic mass is 10.2. The van der Waals surface area contributed by atoms with Crippen molar-refractivity contribution < 1.29 is 26.1 Å². The van der Waals surface area contributed by atoms with Crippen LogP contribution in [0.3, 0.4) is 0 Å². The van der Waals surface area contributed by atoms with Crippen molar-refractivity contribution >= 4 is 38.1 Å². The van der Waals surface area contributed by atoms with Crippen LogP contribution in [0.15, 0.2) is 48.5 Å². The number of para-hydroxylation sites is 3. The van der Waals surface area contributed by atoms with E-state index >= 15 is 0 Å². The van der Waals surface area contributed by atoms with Crippen LogP contribution in [0.4, 0.5) is 21.5 Å². The molecule has 0 bridgehead atoms. The number of halogens is 1. The lowest BCUT2D eigenvalue weighted by molar-refractivity contribution is 0.367. The topological polar surface area (TPSA) is 90.3 Å². The molecule has 0 aromatic heterocycles. The molecule has 0 spiro atoms. The van der Waals surface area contributed by atoms with Gasteiger partial charge in [-0.3, -0.25) is 13.3 Å². The Morgan fingerprint density at radius 3 is 2.26 bits per heavy atom. The quantitative estimate of drug-likeness (QED) is 0.588. The molecule has 0 saturated carbocycles. The fraction of sp³-hybridized carbons (Fsp3) is 0.176. The molecule has 0 unspecified atom stereocenters. The number of hydrogen-bond donors (Lipinski definition) is 2. The largest absolute Gasteiger partial charge is 0.265 e. The monoisotopic (exact) mass is 412 g/mol. The highest BCUT2D eigenvalue weighted by Gasteiger charge is 2.42. The first-order chi connectivity index (χ1) is 12.7. The molecule has 2 aromatic carbocycles. The van der Waals surface area contributed by atoms with E-state index in [-0.39, 0.29) is 18.8 Å². The summed E-state index contributed by atoms with van der Waals surface area (Å²) < 4.78 is 64.7. The van der Waals surface area contributed by atoms with Crippen molar-refractivity contribution in [1.29, 1.82) is 0 Å². The van der Waals surface area contributed by atoms with Gasteiger partial charge in [-0.25, -0.2) is 13.0 Å². The first-order valence-corrected chi connectivity index (χ1v) is 11.0. The molecule has 3 rings (SSSR count). The molecule has 0 amide bonds. The molecule has 0 radical (unpaired) electrons. The SMILES string of the molecule is CS(=O)(=O)OCC#CCN1c2ccccc2N(c2ccccc2F)S1(O)O. The molecular formula is C17H17FN2O5S2. The Labute approximate surface area is 158 Å². The standard InChI is InChI=1S/C17H17FN2O5S2/c1-26(21,22)25-13-7-6-12-19-16-10-4-5-11-17(16)20(27(19,23)24)15-9-3-2-8-14(15)18/h2-5,8-11,23-24H,12-13H2,1H3. The molecule has 27 heavy (non-hydrogen) atoms. The smallest absolute Gasteiger partial charge is 0.264 e. The number of fused-ring (bicyclic) bond motifs is 1. The zero-order chi connectivity index (χ0) is 19.7. The van der Waals surface area contributed by atoms with Crippen LogP contribution in [0, 0.1) is 17.7 Å². The summed E-state index contributed by atoms with van der Waals surface area (Å²) >= 11 is 0. The van der Waals surface area contributed by atoms with E-state index in [4.69, 9.17) is 0 Å². The van der Waals surface area contributed by atoms with E-state index < -0.39 is 26.9 Å². The molecule has 1 aliphatic rings. The lowest BCUT2D eigenvalue weighted by Crippen LogP contribution is -2.31. The van der Waals surface area contributed by atoms with Crippen molar-refractivity contribution in [2.75, 3.05) is 28.0 Å². The van der Waals surface area contributed by atoms with Crippen LogP contribution in [0.1, 0.15) is 0 Å². The average molecular weight is 412 g/mol. The maximum atomic E-state index is 14.3. The maximum Gasteiger partial charge on any atom is 0.265 e. The van der Waals surface area contributed by atoms with Crippen LogP contribution in [0.5, 0.6) is 0 Å². The van der Waals surface area contributed by atoms with Crippen LogP contribution in [0.2, 0.25) is 0 Å². The van der Waals surface area contributed by atoms with Crippen molar-refractivity contribution in [3.05, 3.63) is 54.3 Å². The summed E-state index contributed by atoms with van der Waals surface area (Å²) in [6.07, 6.45) is 0.911. The van der Waals surface area contributed by atoms with E-state index in [1.807, 2.05) is 0 Å². The highest BCUT2D eigenvalue weighted by atomic mass is 32.3. The van der Waals surface area contributed by atoms with E-state index in [0.717, 1.165) is 10.6 Å². The first-order valence-electron chi connectivity index (χ1n) is 7.72. The summed E-state index contributed by atoms with van der Waals surface area (Å²) in [7, 11) is -7.22. The summed E-state index contributed by atoms with van der Waals surface area (Å²) in [6.45, 7) is -0.456. The van der Waals surface area contributed by atoms with Gasteiger partial charge in [0, 0.05) is 0 Å². The predicted molar refractivity (Wildman–Crippen MR) is 104 cm³/mol. The zero-order valence-electron chi connectivity index (χ0n) is 14.2. The van der Waals surface area contributed by atoms with E-state index in [2.05, 4.69) is 16.0 Å². The third-order valence-corrected chi connectivity index (χ3v) is 6.02. The molecule has 144 valence electrons. The second-order valence-electron chi connectivity index (χ2n) is 5.58. The number of benzene rings is 2. The number of hydrogen-bond acceptors (Lipinski definition) is 7. The van der Waals surface area contributed by atoms with Gasteiger partial charge in [-0.15, -0.1) is 0 Å². The normalized spacial score (nSPS) is 16.4. The molecule has 0 saturated heterocycles. The van der Waals surface area contributed by atoms with Crippen molar-refractivity contribution in [2.45, 2.75) is 0 Å². The molecule has 1 aliphatic heterocycles. The molecular weight excluding hydrogens is 395 g/mol. The van der Waals surface area contributed by atoms with Gasteiger partial charge in [0.25, 0.3) is 10.1 Å². The highest BCUT2D eigenvalue weighted by Crippen LogP contribution is 2.64. The third kappa shape index (κ3) is 4.02. The lowest BCUT2D eigenvalue weighted by Gasteiger charge is -2.43. The van der Waals surface area contributed by atoms with Gasteiger partial charge in [0.05, 0.1) is 17.6 Å². The van der Waals surface area contributed by atoms with Crippen LogP contribution < -0.4 is 8.61 Å². The molecule has 10 heteroatoms. The number of rotatable bonds is 4. The number of anilines is 3. The minimum atomic E-state index is -3.61. The van der Waals surface area contributed by atoms with Crippen molar-refractivity contribution in [2.24, 2.45) is 0 Å². The minimum Gasteiger partial charge on any atom is -0.264 e. The van der Waals surface area contributed by atoms with Crippen molar-refractivity contribution in [3.63, 3.8) is 0 Å². The van der Waals surface area contributed by atoms with Gasteiger partial charge in [-0.05, 0) is 35.2 Å². The summed E-state index contributed by atoms with van der Waals surface area (Å²) in [5.41, 5.74) is 0.927. The van der Waals surface area contributed by atoms with Gasteiger partial charge >= 0.3 is 0 Å². The van der Waals surface area contributed by atoms with Crippen molar-refractivity contribution in [1.82, 2.24) is 0 Å². The molecule has 0 atom stereocenters. The average Bonchev–Trinajstić information content (AvgIpc) is 2.81. The molecule has 0 aliphatic carbocycles. The summed E-state index contributed by atoms with van der Waals surface area (Å²) in [4.78, 5) is 0. The van der Waals surface area contributed by atoms with Gasteiger partial charge in [-0.1, -0.05) is 36.1 Å². The molecule has 2 aromatic rings. The minimum absolute atomic E-state index is 0.0285. The van der Waals surface area contributed by atoms with Crippen LogP contribution in [-0.4, -0.2) is 36.9 Å². The van der Waals surface area contributed by atoms with E-state index in [9.17, 15) is 21.9 Å². The van der Waals surface area contributed by atoms with Gasteiger partial charge in [0.1, 0.15) is 24.7 Å². The second-order valence-corrected chi connectivity index (χ2v) is 9.01. The van der Waals surface area contributed by atoms with E-state index in [1.165, 1.54) is 22.5 Å². The predicted octanol–water partition coefficient (Wildman–Crippen LogP) is 3.34. The molecule has 0 fully saturated rings. The van der Waals surface area contributed by atoms with E-state index in [1.54, 1.807) is 30.3 Å². The maximum absolute atomic E-state index is 14.3. The fourth-order valence-corrected chi connectivity index (χ4v) is 4.53. The van der Waals surface area contributed by atoms with Gasteiger partial charge in [0.2, 0.25) is 0 Å². The highest BCUT2D eigenvalue weighted by molar-refractivity contribution is 8.27. The molecule has 2 N–H and O–H groups in total. The Balaban J connectivity index is 1.92. The van der Waals surface area contributed by atoms with Crippen molar-refractivity contribution in [3.8, 4) is 11.8 Å². The Morgan fingerprint density at radius 2 is 1.63 bits per heavy atom. The van der Waals surface area contributed by atoms with Gasteiger partial charge in [0.15, 0.2) is 0 Å². The Hall–Kier alpha value is -2.29. The van der Waals surface area contributed by atoms with Crippen LogP contribution in [-0.2, 0) is 14.3 Å². The Kier molecular flexibility index (Phi) is 5.32. The van der Waals surface area contributed by atoms with E-state index in [0.29, 0.717) is 11.4 Å². The second kappa shape index (κ2) is 7.38. The Morgan fingerprint density at radius 1 is 1.04 bits per heavy atom.